The van der Waals surface area contributed by atoms with Crippen molar-refractivity contribution < 1.29 is 9.59 Å². The number of carbonyl (C=O) groups is 2. The van der Waals surface area contributed by atoms with Gasteiger partial charge in [-0.05, 0) is 43.2 Å². The molecule has 0 saturated heterocycles. The first-order valence-corrected chi connectivity index (χ1v) is 9.40. The zero-order chi connectivity index (χ0) is 16.9. The lowest BCUT2D eigenvalue weighted by molar-refractivity contribution is -0.127. The van der Waals surface area contributed by atoms with Gasteiger partial charge in [-0.2, -0.15) is 0 Å². The van der Waals surface area contributed by atoms with Crippen LogP contribution < -0.4 is 10.6 Å². The first-order valence-electron chi connectivity index (χ1n) is 7.64. The molecule has 0 saturated carbocycles. The van der Waals surface area contributed by atoms with Gasteiger partial charge in [0.05, 0.1) is 10.9 Å². The highest BCUT2D eigenvalue weighted by Crippen LogP contribution is 2.24. The molecule has 2 aromatic rings. The SMILES string of the molecule is CCCC(NC(=O)C(C)(C)NC(=O)c1cccs1)c1cccs1. The van der Waals surface area contributed by atoms with E-state index in [0.29, 0.717) is 4.88 Å². The molecule has 2 N–H and O–H groups in total. The second-order valence-electron chi connectivity index (χ2n) is 5.89. The van der Waals surface area contributed by atoms with Crippen LogP contribution in [0.5, 0.6) is 0 Å². The lowest BCUT2D eigenvalue weighted by Gasteiger charge is -2.28. The minimum Gasteiger partial charge on any atom is -0.346 e. The van der Waals surface area contributed by atoms with Crippen molar-refractivity contribution >= 4 is 34.5 Å². The average molecular weight is 351 g/mol. The van der Waals surface area contributed by atoms with Gasteiger partial charge in [0, 0.05) is 4.88 Å². The number of carbonyl (C=O) groups excluding carboxylic acids is 2. The van der Waals surface area contributed by atoms with Crippen molar-refractivity contribution in [1.82, 2.24) is 10.6 Å². The van der Waals surface area contributed by atoms with Gasteiger partial charge in [0.25, 0.3) is 5.91 Å². The highest BCUT2D eigenvalue weighted by Gasteiger charge is 2.31. The van der Waals surface area contributed by atoms with E-state index in [1.54, 1.807) is 31.3 Å². The summed E-state index contributed by atoms with van der Waals surface area (Å²) in [5, 5.41) is 9.74. The summed E-state index contributed by atoms with van der Waals surface area (Å²) in [5.41, 5.74) is -0.968. The predicted octanol–water partition coefficient (Wildman–Crippen LogP) is 3.98. The Morgan fingerprint density at radius 3 is 2.43 bits per heavy atom. The fourth-order valence-electron chi connectivity index (χ4n) is 2.21. The van der Waals surface area contributed by atoms with Gasteiger partial charge in [0.1, 0.15) is 5.54 Å². The van der Waals surface area contributed by atoms with Crippen molar-refractivity contribution in [2.45, 2.75) is 45.2 Å². The van der Waals surface area contributed by atoms with Crippen LogP contribution in [0.15, 0.2) is 35.0 Å². The van der Waals surface area contributed by atoms with Crippen molar-refractivity contribution in [3.8, 4) is 0 Å². The molecule has 0 radical (unpaired) electrons. The third-order valence-corrected chi connectivity index (χ3v) is 5.36. The molecule has 1 atom stereocenters. The fraction of sp³-hybridized carbons (Fsp3) is 0.412. The monoisotopic (exact) mass is 350 g/mol. The first-order chi connectivity index (χ1) is 10.9. The maximum atomic E-state index is 12.6. The normalized spacial score (nSPS) is 12.7. The molecule has 0 aliphatic carbocycles. The molecular weight excluding hydrogens is 328 g/mol. The molecule has 124 valence electrons. The van der Waals surface area contributed by atoms with Crippen molar-refractivity contribution in [2.75, 3.05) is 0 Å². The highest BCUT2D eigenvalue weighted by molar-refractivity contribution is 7.12. The second kappa shape index (κ2) is 7.75. The number of hydrogen-bond acceptors (Lipinski definition) is 4. The second-order valence-corrected chi connectivity index (χ2v) is 7.81. The summed E-state index contributed by atoms with van der Waals surface area (Å²) in [4.78, 5) is 26.6. The summed E-state index contributed by atoms with van der Waals surface area (Å²) < 4.78 is 0. The number of thiophene rings is 2. The maximum Gasteiger partial charge on any atom is 0.262 e. The van der Waals surface area contributed by atoms with Crippen LogP contribution in [0.4, 0.5) is 0 Å². The molecule has 0 fully saturated rings. The van der Waals surface area contributed by atoms with E-state index in [1.165, 1.54) is 11.3 Å². The Labute approximate surface area is 144 Å². The number of rotatable bonds is 7. The van der Waals surface area contributed by atoms with Crippen molar-refractivity contribution in [3.63, 3.8) is 0 Å². The molecule has 0 aromatic carbocycles. The Bertz CT molecular complexity index is 634. The topological polar surface area (TPSA) is 58.2 Å². The van der Waals surface area contributed by atoms with Crippen LogP contribution in [-0.4, -0.2) is 17.4 Å². The minimum absolute atomic E-state index is 0.00888. The zero-order valence-electron chi connectivity index (χ0n) is 13.6. The van der Waals surface area contributed by atoms with Crippen LogP contribution in [0.1, 0.15) is 54.2 Å². The minimum atomic E-state index is -0.968. The molecule has 4 nitrogen and oxygen atoms in total. The largest absolute Gasteiger partial charge is 0.346 e. The quantitative estimate of drug-likeness (QED) is 0.793. The Morgan fingerprint density at radius 2 is 1.87 bits per heavy atom. The van der Waals surface area contributed by atoms with E-state index < -0.39 is 5.54 Å². The molecule has 0 bridgehead atoms. The van der Waals surface area contributed by atoms with Crippen molar-refractivity contribution in [3.05, 3.63) is 44.8 Å². The van der Waals surface area contributed by atoms with Crippen molar-refractivity contribution in [2.24, 2.45) is 0 Å². The molecule has 1 unspecified atom stereocenters. The molecule has 2 rings (SSSR count). The van der Waals surface area contributed by atoms with Gasteiger partial charge >= 0.3 is 0 Å². The summed E-state index contributed by atoms with van der Waals surface area (Å²) >= 11 is 3.00. The summed E-state index contributed by atoms with van der Waals surface area (Å²) in [6.07, 6.45) is 1.85. The van der Waals surface area contributed by atoms with E-state index in [2.05, 4.69) is 17.6 Å². The van der Waals surface area contributed by atoms with Gasteiger partial charge in [-0.15, -0.1) is 22.7 Å². The van der Waals surface area contributed by atoms with E-state index in [4.69, 9.17) is 0 Å². The van der Waals surface area contributed by atoms with Gasteiger partial charge in [0.15, 0.2) is 0 Å². The Balaban J connectivity index is 2.03. The summed E-state index contributed by atoms with van der Waals surface area (Å²) in [6, 6.07) is 7.58. The zero-order valence-corrected chi connectivity index (χ0v) is 15.2. The Hall–Kier alpha value is -1.66. The van der Waals surface area contributed by atoms with Gasteiger partial charge in [0.2, 0.25) is 5.91 Å². The molecule has 2 amide bonds. The third kappa shape index (κ3) is 4.65. The van der Waals surface area contributed by atoms with Gasteiger partial charge in [-0.3, -0.25) is 9.59 Å². The summed E-state index contributed by atoms with van der Waals surface area (Å²) in [5.74, 6) is -0.391. The van der Waals surface area contributed by atoms with Crippen LogP contribution in [0, 0.1) is 0 Å². The number of nitrogens with one attached hydrogen (secondary N) is 2. The Morgan fingerprint density at radius 1 is 1.17 bits per heavy atom. The van der Waals surface area contributed by atoms with Crippen LogP contribution in [-0.2, 0) is 4.79 Å². The van der Waals surface area contributed by atoms with E-state index in [0.717, 1.165) is 17.7 Å². The summed E-state index contributed by atoms with van der Waals surface area (Å²) in [6.45, 7) is 5.55. The van der Waals surface area contributed by atoms with Crippen LogP contribution in [0.3, 0.4) is 0 Å². The molecule has 0 spiro atoms. The molecule has 0 aliphatic rings. The maximum absolute atomic E-state index is 12.6. The molecule has 6 heteroatoms. The number of hydrogen-bond donors (Lipinski definition) is 2. The van der Waals surface area contributed by atoms with Crippen LogP contribution in [0.2, 0.25) is 0 Å². The van der Waals surface area contributed by atoms with E-state index in [1.807, 2.05) is 29.0 Å². The van der Waals surface area contributed by atoms with Gasteiger partial charge in [-0.25, -0.2) is 0 Å². The van der Waals surface area contributed by atoms with Gasteiger partial charge < -0.3 is 10.6 Å². The smallest absolute Gasteiger partial charge is 0.262 e. The van der Waals surface area contributed by atoms with E-state index in [-0.39, 0.29) is 17.9 Å². The van der Waals surface area contributed by atoms with Gasteiger partial charge in [-0.1, -0.05) is 25.5 Å². The first kappa shape index (κ1) is 17.7. The fourth-order valence-corrected chi connectivity index (χ4v) is 3.64. The van der Waals surface area contributed by atoms with E-state index in [9.17, 15) is 9.59 Å². The number of amides is 2. The van der Waals surface area contributed by atoms with Crippen molar-refractivity contribution in [1.29, 1.82) is 0 Å². The lowest BCUT2D eigenvalue weighted by Crippen LogP contribution is -2.55. The Kier molecular flexibility index (Phi) is 5.96. The molecular formula is C17H22N2O2S2. The molecule has 23 heavy (non-hydrogen) atoms. The molecule has 2 heterocycles. The molecule has 2 aromatic heterocycles. The van der Waals surface area contributed by atoms with Crippen LogP contribution >= 0.6 is 22.7 Å². The standard InChI is InChI=1S/C17H22N2O2S2/c1-4-7-12(13-8-5-10-22-13)18-16(21)17(2,3)19-15(20)14-9-6-11-23-14/h5-6,8-12H,4,7H2,1-3H3,(H,18,21)(H,19,20). The third-order valence-electron chi connectivity index (χ3n) is 3.51. The molecule has 0 aliphatic heterocycles. The predicted molar refractivity (Wildman–Crippen MR) is 96.0 cm³/mol. The highest BCUT2D eigenvalue weighted by atomic mass is 32.1. The average Bonchev–Trinajstić information content (AvgIpc) is 3.19. The van der Waals surface area contributed by atoms with Crippen LogP contribution in [0.25, 0.3) is 0 Å². The lowest BCUT2D eigenvalue weighted by atomic mass is 10.0. The summed E-state index contributed by atoms with van der Waals surface area (Å²) in [7, 11) is 0. The van der Waals surface area contributed by atoms with E-state index >= 15 is 0 Å².